The number of phenolic OH excluding ortho intramolecular Hbond substituents is 2. The van der Waals surface area contributed by atoms with Crippen LogP contribution in [-0.4, -0.2) is 56.4 Å². The molecule has 71 heavy (non-hydrogen) atoms. The van der Waals surface area contributed by atoms with E-state index in [1.54, 1.807) is 0 Å². The predicted molar refractivity (Wildman–Crippen MR) is 278 cm³/mol. The van der Waals surface area contributed by atoms with Crippen molar-refractivity contribution >= 4 is 47.3 Å². The van der Waals surface area contributed by atoms with Crippen molar-refractivity contribution < 1.29 is 66.3 Å². The van der Waals surface area contributed by atoms with Gasteiger partial charge in [-0.15, -0.1) is 0 Å². The van der Waals surface area contributed by atoms with Crippen molar-refractivity contribution in [3.8, 4) is 23.0 Å². The summed E-state index contributed by atoms with van der Waals surface area (Å²) in [4.78, 5) is 54.2. The molecule has 0 aliphatic carbocycles. The van der Waals surface area contributed by atoms with Crippen molar-refractivity contribution in [3.05, 3.63) is 105 Å². The molecule has 0 bridgehead atoms. The third-order valence-electron chi connectivity index (χ3n) is 12.1. The van der Waals surface area contributed by atoms with E-state index in [-0.39, 0.29) is 27.6 Å². The van der Waals surface area contributed by atoms with E-state index in [2.05, 4.69) is 52.0 Å². The van der Waals surface area contributed by atoms with Gasteiger partial charge in [0.1, 0.15) is 24.1 Å². The molecule has 0 saturated heterocycles. The summed E-state index contributed by atoms with van der Waals surface area (Å²) >= 11 is 0. The Labute approximate surface area is 432 Å². The van der Waals surface area contributed by atoms with E-state index in [0.717, 1.165) is 149 Å². The molecule has 13 heteroatoms. The second-order valence-electron chi connectivity index (χ2n) is 17.4. The average molecular weight is 1020 g/mol. The van der Waals surface area contributed by atoms with Gasteiger partial charge in [0.05, 0.1) is 33.9 Å². The molecule has 390 valence electrons. The summed E-state index contributed by atoms with van der Waals surface area (Å²) in [6, 6.07) is 19.4. The van der Waals surface area contributed by atoms with E-state index in [1.807, 2.05) is 38.1 Å². The Bertz CT molecular complexity index is 2160. The standard InChI is InChI=1S/C30H40N2O2.2C14H20O4.Ni/c1-3-5-19-29(31-27-21-9-7-15-25(27)17-11-13-23-33)30(20-6-4-2)32-28-22-10-8-16-26(28)18-12-14-24-34;2*1-3-5-6-7-9-8-11(15)13(16)12(14(17)18)10(9)4-2;/h7-10,15-16,21-24H,3-6,11-14,17-20H2,1-2H3;2*8,15-16H,3-7H2,1-2H3,(H,17,18);/q;;;+2/p-2. The van der Waals surface area contributed by atoms with Crippen molar-refractivity contribution in [1.29, 1.82) is 0 Å². The topological polar surface area (TPSA) is 220 Å². The van der Waals surface area contributed by atoms with E-state index in [9.17, 15) is 39.6 Å². The molecular weight excluding hydrogens is 943 g/mol. The van der Waals surface area contributed by atoms with Crippen LogP contribution in [0.25, 0.3) is 0 Å². The Balaban J connectivity index is 0.000000577. The second-order valence-corrected chi connectivity index (χ2v) is 17.4. The van der Waals surface area contributed by atoms with Crippen molar-refractivity contribution in [2.75, 3.05) is 0 Å². The summed E-state index contributed by atoms with van der Waals surface area (Å²) in [5.74, 6) is -5.00. The Morgan fingerprint density at radius 3 is 1.15 bits per heavy atom. The molecule has 12 nitrogen and oxygen atoms in total. The van der Waals surface area contributed by atoms with Crippen LogP contribution in [0.5, 0.6) is 23.0 Å². The van der Waals surface area contributed by atoms with E-state index in [4.69, 9.17) is 20.2 Å². The quantitative estimate of drug-likeness (QED) is 0.0174. The Kier molecular flexibility index (Phi) is 32.2. The fourth-order valence-electron chi connectivity index (χ4n) is 8.25. The fourth-order valence-corrected chi connectivity index (χ4v) is 8.25. The molecule has 4 rings (SSSR count). The van der Waals surface area contributed by atoms with Crippen LogP contribution in [0.3, 0.4) is 0 Å². The summed E-state index contributed by atoms with van der Waals surface area (Å²) in [6.07, 6.45) is 21.1. The Hall–Kier alpha value is -5.81. The van der Waals surface area contributed by atoms with Crippen LogP contribution in [-0.2, 0) is 64.6 Å². The largest absolute Gasteiger partial charge is 2.00 e. The van der Waals surface area contributed by atoms with Crippen LogP contribution in [0.1, 0.15) is 198 Å². The number of unbranched alkanes of at least 4 members (excludes halogenated alkanes) is 8. The summed E-state index contributed by atoms with van der Waals surface area (Å²) in [5, 5.41) is 60.5. The molecule has 0 heterocycles. The molecule has 0 aromatic heterocycles. The molecule has 4 aromatic rings. The zero-order chi connectivity index (χ0) is 51.8. The number of benzene rings is 4. The van der Waals surface area contributed by atoms with Crippen LogP contribution < -0.4 is 10.2 Å². The number of phenols is 2. The fraction of sp³-hybridized carbons (Fsp3) is 0.483. The van der Waals surface area contributed by atoms with Crippen LogP contribution in [0.15, 0.2) is 70.6 Å². The first-order valence-electron chi connectivity index (χ1n) is 25.5. The number of nitrogens with zero attached hydrogens (tertiary/aromatic N) is 2. The monoisotopic (exact) mass is 1020 g/mol. The Morgan fingerprint density at radius 2 is 0.845 bits per heavy atom. The van der Waals surface area contributed by atoms with Gasteiger partial charge in [0, 0.05) is 12.8 Å². The predicted octanol–water partition coefficient (Wildman–Crippen LogP) is 12.9. The molecule has 0 amide bonds. The first-order chi connectivity index (χ1) is 33.8. The number of aldehydes is 2. The molecule has 0 radical (unpaired) electrons. The normalized spacial score (nSPS) is 11.1. The molecule has 0 atom stereocenters. The number of aromatic carboxylic acids is 2. The molecule has 4 N–H and O–H groups in total. The smallest absolute Gasteiger partial charge is 0.869 e. The molecule has 0 spiro atoms. The Morgan fingerprint density at radius 1 is 0.507 bits per heavy atom. The number of carboxylic acids is 2. The maximum absolute atomic E-state index is 11.6. The van der Waals surface area contributed by atoms with E-state index >= 15 is 0 Å². The molecule has 0 saturated carbocycles. The first-order valence-corrected chi connectivity index (χ1v) is 25.5. The summed E-state index contributed by atoms with van der Waals surface area (Å²) in [6.45, 7) is 12.2. The molecule has 0 unspecified atom stereocenters. The van der Waals surface area contributed by atoms with Crippen LogP contribution in [0.2, 0.25) is 0 Å². The van der Waals surface area contributed by atoms with Crippen molar-refractivity contribution in [1.82, 2.24) is 0 Å². The number of hydrogen-bond acceptors (Lipinski definition) is 10. The summed E-state index contributed by atoms with van der Waals surface area (Å²) < 4.78 is 0. The van der Waals surface area contributed by atoms with Gasteiger partial charge in [0.15, 0.2) is 0 Å². The number of carboxylic acid groups (broad SMARTS) is 2. The number of aromatic hydroxyl groups is 2. The first kappa shape index (κ1) is 63.2. The van der Waals surface area contributed by atoms with Crippen LogP contribution >= 0.6 is 0 Å². The van der Waals surface area contributed by atoms with Crippen molar-refractivity contribution in [3.63, 3.8) is 0 Å². The summed E-state index contributed by atoms with van der Waals surface area (Å²) in [5.41, 5.74) is 8.61. The second kappa shape index (κ2) is 36.2. The summed E-state index contributed by atoms with van der Waals surface area (Å²) in [7, 11) is 0. The minimum atomic E-state index is -1.26. The molecular formula is C58H78N2NiO10. The van der Waals surface area contributed by atoms with Gasteiger partial charge < -0.3 is 40.2 Å². The minimum Gasteiger partial charge on any atom is -0.869 e. The van der Waals surface area contributed by atoms with E-state index in [1.165, 1.54) is 23.3 Å². The van der Waals surface area contributed by atoms with Crippen LogP contribution in [0, 0.1) is 0 Å². The molecule has 0 fully saturated rings. The van der Waals surface area contributed by atoms with Crippen molar-refractivity contribution in [2.24, 2.45) is 9.98 Å². The van der Waals surface area contributed by atoms with Gasteiger partial charge in [-0.25, -0.2) is 9.59 Å². The molecule has 0 aliphatic heterocycles. The van der Waals surface area contributed by atoms with Crippen LogP contribution in [0.4, 0.5) is 11.4 Å². The molecule has 4 aromatic carbocycles. The maximum Gasteiger partial charge on any atom is 2.00 e. The SMILES string of the molecule is CCCCC(=Nc1ccccc1CCCC=O)C(CCCC)=Nc1ccccc1CCCC=O.CCCCCc1cc(O)c([O-])c(C(=O)O)c1CC.CCCCCc1cc(O)c([O-])c(C(=O)O)c1CC.[Ni+2]. The van der Waals surface area contributed by atoms with Crippen molar-refractivity contribution in [2.45, 2.75) is 183 Å². The van der Waals surface area contributed by atoms with Gasteiger partial charge in [-0.05, 0) is 148 Å². The van der Waals surface area contributed by atoms with Gasteiger partial charge in [0.2, 0.25) is 0 Å². The minimum absolute atomic E-state index is 0. The number of aliphatic imine (C=N–C) groups is 2. The molecule has 0 aliphatic rings. The van der Waals surface area contributed by atoms with E-state index in [0.29, 0.717) is 49.7 Å². The third-order valence-corrected chi connectivity index (χ3v) is 12.1. The zero-order valence-corrected chi connectivity index (χ0v) is 43.9. The van der Waals surface area contributed by atoms with Gasteiger partial charge in [-0.1, -0.05) is 128 Å². The number of hydrogen-bond donors (Lipinski definition) is 4. The number of aryl methyl sites for hydroxylation is 4. The maximum atomic E-state index is 11.6. The average Bonchev–Trinajstić information content (AvgIpc) is 3.34. The van der Waals surface area contributed by atoms with Gasteiger partial charge in [-0.2, -0.15) is 0 Å². The van der Waals surface area contributed by atoms with E-state index < -0.39 is 34.9 Å². The third kappa shape index (κ3) is 21.2. The van der Waals surface area contributed by atoms with Gasteiger partial charge in [0.25, 0.3) is 0 Å². The number of rotatable bonds is 29. The van der Waals surface area contributed by atoms with Gasteiger partial charge >= 0.3 is 28.4 Å². The number of carbonyl (C=O) groups excluding carboxylic acids is 2. The number of carbonyl (C=O) groups is 4. The van der Waals surface area contributed by atoms with Gasteiger partial charge in [-0.3, -0.25) is 9.98 Å². The zero-order valence-electron chi connectivity index (χ0n) is 42.9. The number of para-hydroxylation sites is 2.